The van der Waals surface area contributed by atoms with Gasteiger partial charge in [-0.15, -0.1) is 0 Å². The molecule has 0 aliphatic carbocycles. The maximum atomic E-state index is 13.1. The molecule has 0 aliphatic rings. The Labute approximate surface area is 168 Å². The van der Waals surface area contributed by atoms with Crippen LogP contribution in [0.4, 0.5) is 10.1 Å². The van der Waals surface area contributed by atoms with Crippen LogP contribution in [-0.4, -0.2) is 17.4 Å². The van der Waals surface area contributed by atoms with Gasteiger partial charge in [0.2, 0.25) is 5.91 Å². The highest BCUT2D eigenvalue weighted by Crippen LogP contribution is 2.19. The number of anilines is 1. The van der Waals surface area contributed by atoms with Crippen LogP contribution >= 0.6 is 0 Å². The van der Waals surface area contributed by atoms with Crippen molar-refractivity contribution in [2.45, 2.75) is 12.5 Å². The third-order valence-corrected chi connectivity index (χ3v) is 4.92. The molecule has 1 atom stereocenters. The van der Waals surface area contributed by atoms with Gasteiger partial charge in [0.15, 0.2) is 0 Å². The predicted molar refractivity (Wildman–Crippen MR) is 114 cm³/mol. The number of fused-ring (bicyclic) bond motifs is 1. The van der Waals surface area contributed by atoms with Crippen LogP contribution in [0.25, 0.3) is 10.9 Å². The van der Waals surface area contributed by atoms with Gasteiger partial charge in [-0.3, -0.25) is 4.79 Å². The Hall–Kier alpha value is -3.44. The van der Waals surface area contributed by atoms with Gasteiger partial charge in [0.25, 0.3) is 0 Å². The minimum Gasteiger partial charge on any atom is -0.361 e. The number of halogens is 1. The summed E-state index contributed by atoms with van der Waals surface area (Å²) in [7, 11) is 0. The van der Waals surface area contributed by atoms with Gasteiger partial charge < -0.3 is 15.6 Å². The summed E-state index contributed by atoms with van der Waals surface area (Å²) in [6.45, 7) is 0.637. The molecule has 3 aromatic carbocycles. The van der Waals surface area contributed by atoms with E-state index < -0.39 is 6.04 Å². The van der Waals surface area contributed by atoms with Crippen molar-refractivity contribution in [2.24, 2.45) is 0 Å². The summed E-state index contributed by atoms with van der Waals surface area (Å²) >= 11 is 0. The third kappa shape index (κ3) is 4.52. The van der Waals surface area contributed by atoms with Gasteiger partial charge >= 0.3 is 0 Å². The molecule has 4 rings (SSSR count). The van der Waals surface area contributed by atoms with Crippen LogP contribution in [0.15, 0.2) is 85.1 Å². The fourth-order valence-electron chi connectivity index (χ4n) is 3.44. The molecule has 5 heteroatoms. The molecular weight excluding hydrogens is 365 g/mol. The number of carbonyl (C=O) groups is 1. The molecule has 0 spiro atoms. The first-order chi connectivity index (χ1) is 14.2. The summed E-state index contributed by atoms with van der Waals surface area (Å²) < 4.78 is 13.1. The van der Waals surface area contributed by atoms with Gasteiger partial charge in [-0.25, -0.2) is 4.39 Å². The second kappa shape index (κ2) is 8.71. The van der Waals surface area contributed by atoms with Gasteiger partial charge in [-0.2, -0.15) is 0 Å². The molecule has 4 nitrogen and oxygen atoms in total. The number of H-pyrrole nitrogens is 1. The number of rotatable bonds is 7. The number of nitrogens with one attached hydrogen (secondary N) is 3. The molecule has 3 N–H and O–H groups in total. The van der Waals surface area contributed by atoms with Crippen molar-refractivity contribution < 1.29 is 9.18 Å². The second-order valence-corrected chi connectivity index (χ2v) is 6.90. The van der Waals surface area contributed by atoms with Crippen LogP contribution in [-0.2, 0) is 11.2 Å². The Balaban J connectivity index is 1.47. The van der Waals surface area contributed by atoms with Crippen molar-refractivity contribution in [3.63, 3.8) is 0 Å². The first-order valence-corrected chi connectivity index (χ1v) is 9.60. The van der Waals surface area contributed by atoms with Crippen LogP contribution in [0.5, 0.6) is 0 Å². The lowest BCUT2D eigenvalue weighted by molar-refractivity contribution is -0.118. The first-order valence-electron chi connectivity index (χ1n) is 9.60. The molecule has 1 aromatic heterocycles. The fraction of sp³-hybridized carbons (Fsp3) is 0.125. The number of amides is 1. The molecule has 0 radical (unpaired) electrons. The maximum absolute atomic E-state index is 13.1. The number of benzene rings is 3. The SMILES string of the molecule is O=C(Nc1ccc(F)cc1)[C@H](NCCc1c[nH]c2ccccc12)c1ccccc1. The maximum Gasteiger partial charge on any atom is 0.246 e. The molecule has 0 unspecified atom stereocenters. The number of aromatic amines is 1. The van der Waals surface area contributed by atoms with E-state index in [2.05, 4.69) is 27.8 Å². The summed E-state index contributed by atoms with van der Waals surface area (Å²) in [4.78, 5) is 16.2. The standard InChI is InChI=1S/C24H22FN3O/c25-19-10-12-20(13-11-19)28-24(29)23(17-6-2-1-3-7-17)26-15-14-18-16-27-22-9-5-4-8-21(18)22/h1-13,16,23,26-27H,14-15H2,(H,28,29)/t23-/m1/s1. The molecule has 0 saturated heterocycles. The van der Waals surface area contributed by atoms with Gasteiger partial charge in [-0.1, -0.05) is 48.5 Å². The van der Waals surface area contributed by atoms with E-state index in [9.17, 15) is 9.18 Å². The third-order valence-electron chi connectivity index (χ3n) is 4.92. The summed E-state index contributed by atoms with van der Waals surface area (Å²) in [6, 6.07) is 23.0. The van der Waals surface area contributed by atoms with Crippen LogP contribution in [0, 0.1) is 5.82 Å². The minimum atomic E-state index is -0.508. The van der Waals surface area contributed by atoms with Crippen molar-refractivity contribution in [2.75, 3.05) is 11.9 Å². The van der Waals surface area contributed by atoms with Gasteiger partial charge in [0, 0.05) is 29.3 Å². The highest BCUT2D eigenvalue weighted by Gasteiger charge is 2.20. The predicted octanol–water partition coefficient (Wildman–Crippen LogP) is 4.82. The van der Waals surface area contributed by atoms with E-state index in [4.69, 9.17) is 0 Å². The smallest absolute Gasteiger partial charge is 0.246 e. The number of aromatic nitrogens is 1. The van der Waals surface area contributed by atoms with E-state index in [1.54, 1.807) is 12.1 Å². The van der Waals surface area contributed by atoms with E-state index in [0.717, 1.165) is 17.5 Å². The van der Waals surface area contributed by atoms with E-state index >= 15 is 0 Å². The number of para-hydroxylation sites is 1. The lowest BCUT2D eigenvalue weighted by Crippen LogP contribution is -2.34. The lowest BCUT2D eigenvalue weighted by Gasteiger charge is -2.19. The molecule has 4 aromatic rings. The quantitative estimate of drug-likeness (QED) is 0.426. The zero-order valence-corrected chi connectivity index (χ0v) is 15.9. The Kier molecular flexibility index (Phi) is 5.68. The second-order valence-electron chi connectivity index (χ2n) is 6.90. The zero-order valence-electron chi connectivity index (χ0n) is 15.9. The van der Waals surface area contributed by atoms with Crippen LogP contribution < -0.4 is 10.6 Å². The minimum absolute atomic E-state index is 0.179. The fourth-order valence-corrected chi connectivity index (χ4v) is 3.44. The molecule has 1 heterocycles. The summed E-state index contributed by atoms with van der Waals surface area (Å²) in [5.41, 5.74) is 3.76. The highest BCUT2D eigenvalue weighted by molar-refractivity contribution is 5.95. The molecule has 0 fully saturated rings. The Morgan fingerprint density at radius 3 is 2.45 bits per heavy atom. The van der Waals surface area contributed by atoms with E-state index in [1.165, 1.54) is 23.1 Å². The molecule has 1 amide bonds. The largest absolute Gasteiger partial charge is 0.361 e. The van der Waals surface area contributed by atoms with Gasteiger partial charge in [0.1, 0.15) is 11.9 Å². The highest BCUT2D eigenvalue weighted by atomic mass is 19.1. The summed E-state index contributed by atoms with van der Waals surface area (Å²) in [5.74, 6) is -0.513. The van der Waals surface area contributed by atoms with Crippen LogP contribution in [0.3, 0.4) is 0 Å². The lowest BCUT2D eigenvalue weighted by atomic mass is 10.0. The van der Waals surface area contributed by atoms with E-state index in [-0.39, 0.29) is 11.7 Å². The van der Waals surface area contributed by atoms with Crippen molar-refractivity contribution in [1.29, 1.82) is 0 Å². The molecule has 0 aliphatic heterocycles. The molecular formula is C24H22FN3O. The van der Waals surface area contributed by atoms with Crippen LogP contribution in [0.1, 0.15) is 17.2 Å². The van der Waals surface area contributed by atoms with Crippen molar-refractivity contribution >= 4 is 22.5 Å². The molecule has 146 valence electrons. The van der Waals surface area contributed by atoms with Crippen LogP contribution in [0.2, 0.25) is 0 Å². The average molecular weight is 387 g/mol. The van der Waals surface area contributed by atoms with Gasteiger partial charge in [-0.05, 0) is 47.9 Å². The zero-order chi connectivity index (χ0) is 20.1. The molecule has 0 saturated carbocycles. The number of carbonyl (C=O) groups excluding carboxylic acids is 1. The molecule has 0 bridgehead atoms. The number of hydrogen-bond acceptors (Lipinski definition) is 2. The topological polar surface area (TPSA) is 56.9 Å². The van der Waals surface area contributed by atoms with E-state index in [0.29, 0.717) is 12.2 Å². The first kappa shape index (κ1) is 18.9. The Morgan fingerprint density at radius 1 is 0.931 bits per heavy atom. The normalized spacial score (nSPS) is 12.0. The van der Waals surface area contributed by atoms with Crippen molar-refractivity contribution in [3.8, 4) is 0 Å². The average Bonchev–Trinajstić information content (AvgIpc) is 3.16. The van der Waals surface area contributed by atoms with E-state index in [1.807, 2.05) is 48.7 Å². The summed E-state index contributed by atoms with van der Waals surface area (Å²) in [6.07, 6.45) is 2.81. The van der Waals surface area contributed by atoms with Gasteiger partial charge in [0.05, 0.1) is 0 Å². The number of hydrogen-bond donors (Lipinski definition) is 3. The van der Waals surface area contributed by atoms with Crippen molar-refractivity contribution in [1.82, 2.24) is 10.3 Å². The Morgan fingerprint density at radius 2 is 1.66 bits per heavy atom. The Bertz CT molecular complexity index is 1090. The summed E-state index contributed by atoms with van der Waals surface area (Å²) in [5, 5.41) is 7.43. The van der Waals surface area contributed by atoms with Crippen molar-refractivity contribution in [3.05, 3.63) is 102 Å². The molecule has 29 heavy (non-hydrogen) atoms. The monoisotopic (exact) mass is 387 g/mol.